The van der Waals surface area contributed by atoms with Gasteiger partial charge in [-0.3, -0.25) is 0 Å². The van der Waals surface area contributed by atoms with E-state index in [-0.39, 0.29) is 0 Å². The maximum atomic E-state index is 14.1. The Bertz CT molecular complexity index is 1990. The number of fused-ring (bicyclic) bond motifs is 1. The van der Waals surface area contributed by atoms with Crippen molar-refractivity contribution in [1.29, 1.82) is 0 Å². The number of piperidine rings is 1. The van der Waals surface area contributed by atoms with E-state index < -0.39 is 158 Å². The molecule has 0 spiro atoms. The molecule has 0 radical (unpaired) electrons. The number of amides is 1. The van der Waals surface area contributed by atoms with E-state index in [9.17, 15) is 8.91 Å². The zero-order valence-corrected chi connectivity index (χ0v) is 19.2. The maximum Gasteiger partial charge on any atom is 0.410 e. The van der Waals surface area contributed by atoms with Gasteiger partial charge < -0.3 is 14.1 Å². The van der Waals surface area contributed by atoms with Gasteiger partial charge in [0.05, 0.1) is 30.4 Å². The molecule has 2 fully saturated rings. The third kappa shape index (κ3) is 5.04. The van der Waals surface area contributed by atoms with Gasteiger partial charge in [-0.15, -0.1) is 0 Å². The molecule has 4 rings (SSSR count). The molecule has 4 nitrogen and oxygen atoms in total. The summed E-state index contributed by atoms with van der Waals surface area (Å²) in [5.74, 6) is -7.59. The van der Waals surface area contributed by atoms with Crippen molar-refractivity contribution in [2.24, 2.45) is 11.8 Å². The van der Waals surface area contributed by atoms with E-state index in [0.717, 1.165) is 0 Å². The van der Waals surface area contributed by atoms with Gasteiger partial charge in [0.1, 0.15) is 5.60 Å². The lowest BCUT2D eigenvalue weighted by Crippen LogP contribution is -2.67. The summed E-state index contributed by atoms with van der Waals surface area (Å²) in [6, 6.07) is -18.5. The van der Waals surface area contributed by atoms with Crippen molar-refractivity contribution in [2.75, 3.05) is 13.1 Å². The second-order valence-corrected chi connectivity index (χ2v) is 12.0. The Morgan fingerprint density at radius 3 is 2.24 bits per heavy atom. The number of ether oxygens (including phenoxy) is 1. The molecule has 1 aliphatic carbocycles. The Morgan fingerprint density at radius 1 is 1.12 bits per heavy atom. The number of nitrogens with zero attached hydrogens (tertiary/aromatic N) is 1. The van der Waals surface area contributed by atoms with Gasteiger partial charge >= 0.3 is 6.09 Å². The van der Waals surface area contributed by atoms with E-state index in [1.807, 2.05) is 0 Å². The lowest BCUT2D eigenvalue weighted by molar-refractivity contribution is 0.00166. The Kier molecular flexibility index (Phi) is 2.08. The van der Waals surface area contributed by atoms with Gasteiger partial charge in [-0.1, -0.05) is 81.1 Å². The average Bonchev–Trinajstić information content (AvgIpc) is 3.46. The molecule has 1 saturated heterocycles. The number of rotatable bonds is 5. The molecule has 2 aromatic carbocycles. The van der Waals surface area contributed by atoms with Crippen LogP contribution < -0.4 is 10.4 Å². The molecule has 178 valence electrons. The van der Waals surface area contributed by atoms with Crippen LogP contribution in [0.5, 0.6) is 0 Å². The molecule has 5 heteroatoms. The largest absolute Gasteiger partial charge is 0.444 e. The van der Waals surface area contributed by atoms with Crippen LogP contribution in [0.1, 0.15) is 89.8 Å². The molecule has 2 aromatic rings. The van der Waals surface area contributed by atoms with Crippen LogP contribution >= 0.6 is 0 Å². The quantitative estimate of drug-likeness (QED) is 0.539. The smallest absolute Gasteiger partial charge is 0.410 e. The van der Waals surface area contributed by atoms with Gasteiger partial charge in [0.15, 0.2) is 0 Å². The van der Waals surface area contributed by atoms with Crippen LogP contribution in [0, 0.1) is 11.8 Å². The minimum absolute atomic E-state index is 0.450. The SMILES string of the molecule is [2H]c1c([2H])c([2H])c([Si](OC([2H])([2H])[C@@]2([2H])N(C(=O)OC(C)(C)C)C([2H])([2H])[C@]3([2H])C([2H])([2H])[C@]3([2H])C2([2H])[2H])(c2c([2H])c([2H])c([2H])c([2H])c2[2H])C(C)(C([2H])[2H])C([2H])([2H])[2H])c([2H])c1[2H]. The maximum absolute atomic E-state index is 14.1. The molecule has 0 bridgehead atoms. The second-order valence-electron chi connectivity index (χ2n) is 8.36. The first kappa shape index (κ1) is 7.69. The number of carbonyl (C=O) groups is 1. The summed E-state index contributed by atoms with van der Waals surface area (Å²) in [6.07, 6.45) is -10.3. The number of benzene rings is 2. The summed E-state index contributed by atoms with van der Waals surface area (Å²) in [4.78, 5) is 13.4. The van der Waals surface area contributed by atoms with Gasteiger partial charge in [-0.25, -0.2) is 4.79 Å². The lowest BCUT2D eigenvalue weighted by atomic mass is 10.0. The molecule has 4 atom stereocenters. The molecule has 1 heterocycles. The van der Waals surface area contributed by atoms with Crippen molar-refractivity contribution in [3.63, 3.8) is 0 Å². The summed E-state index contributed by atoms with van der Waals surface area (Å²) >= 11 is 0. The summed E-state index contributed by atoms with van der Waals surface area (Å²) in [6.45, 7) is -12.0. The number of likely N-dealkylation sites (tertiary alicyclic amines) is 1. The lowest BCUT2D eigenvalue weighted by Gasteiger charge is -2.45. The fraction of sp³-hybridized carbons (Fsp3) is 0.536. The average molecular weight is 492 g/mol. The third-order valence-corrected chi connectivity index (χ3v) is 8.22. The van der Waals surface area contributed by atoms with Crippen molar-refractivity contribution < 1.29 is 49.6 Å². The van der Waals surface area contributed by atoms with Crippen molar-refractivity contribution in [1.82, 2.24) is 4.90 Å². The molecular formula is C28H39NO3Si. The predicted molar refractivity (Wildman–Crippen MR) is 137 cm³/mol. The van der Waals surface area contributed by atoms with Crippen LogP contribution in [-0.4, -0.2) is 44.0 Å². The van der Waals surface area contributed by atoms with E-state index in [1.54, 1.807) is 0 Å². The highest BCUT2D eigenvalue weighted by atomic mass is 28.4. The summed E-state index contributed by atoms with van der Waals surface area (Å²) in [7, 11) is -6.92. The molecule has 1 saturated carbocycles. The van der Waals surface area contributed by atoms with Crippen LogP contribution in [0.25, 0.3) is 0 Å². The molecule has 2 aliphatic rings. The van der Waals surface area contributed by atoms with Crippen LogP contribution in [0.3, 0.4) is 0 Å². The van der Waals surface area contributed by atoms with Crippen molar-refractivity contribution in [2.45, 2.75) is 70.8 Å². The van der Waals surface area contributed by atoms with Crippen molar-refractivity contribution in [3.8, 4) is 0 Å². The van der Waals surface area contributed by atoms with Gasteiger partial charge in [0.2, 0.25) is 0 Å². The van der Waals surface area contributed by atoms with Crippen molar-refractivity contribution in [3.05, 3.63) is 60.4 Å². The Labute approximate surface area is 236 Å². The van der Waals surface area contributed by atoms with E-state index in [1.165, 1.54) is 20.8 Å². The standard InChI is InChI=1S/C28H39NO3Si/c1-27(2,3)32-26(30)29-19-22-17-21(22)18-23(29)20-31-33(28(4,5)6,24-13-9-7-10-14-24)25-15-11-8-12-16-25/h7-16,21-23H,17-20H2,1-6H3/t21-,22+,23+/m1/s1/i4D2,5D3,7D,8D,9D,10D,11D,12D,13D,14D,15D,16D,17D2,18D2,19D2,20D2,21D,22D,23D/t21-,22+,23+,28?. The van der Waals surface area contributed by atoms with E-state index in [4.69, 9.17) is 40.7 Å². The monoisotopic (exact) mass is 491 g/mol. The first-order valence-electron chi connectivity index (χ1n) is 22.9. The molecule has 1 amide bonds. The third-order valence-electron chi connectivity index (χ3n) is 4.44. The molecule has 0 N–H and O–H groups in total. The van der Waals surface area contributed by atoms with Gasteiger partial charge in [-0.05, 0) is 60.7 Å². The van der Waals surface area contributed by atoms with Crippen LogP contribution in [0.4, 0.5) is 4.79 Å². The summed E-state index contributed by atoms with van der Waals surface area (Å²) < 4.78 is 241. The summed E-state index contributed by atoms with van der Waals surface area (Å²) in [5, 5.41) is -6.69. The minimum atomic E-state index is -6.92. The highest BCUT2D eigenvalue weighted by molar-refractivity contribution is 6.99. The number of hydrogen-bond acceptors (Lipinski definition) is 3. The van der Waals surface area contributed by atoms with E-state index in [0.29, 0.717) is 6.92 Å². The molecule has 33 heavy (non-hydrogen) atoms. The fourth-order valence-corrected chi connectivity index (χ4v) is 5.87. The molecule has 0 aromatic heterocycles. The normalized spacial score (nSPS) is 48.1. The predicted octanol–water partition coefficient (Wildman–Crippen LogP) is 5.21. The van der Waals surface area contributed by atoms with Gasteiger partial charge in [0.25, 0.3) is 8.32 Å². The Morgan fingerprint density at radius 2 is 1.73 bits per heavy atom. The second kappa shape index (κ2) is 8.92. The minimum Gasteiger partial charge on any atom is -0.444 e. The molecule has 1 aliphatic heterocycles. The zero-order chi connectivity index (χ0) is 46.6. The number of hydrogen-bond donors (Lipinski definition) is 0. The van der Waals surface area contributed by atoms with E-state index >= 15 is 0 Å². The first-order valence-corrected chi connectivity index (χ1v) is 11.6. The highest BCUT2D eigenvalue weighted by Crippen LogP contribution is 2.48. The fourth-order valence-electron chi connectivity index (χ4n) is 2.96. The highest BCUT2D eigenvalue weighted by Gasteiger charge is 2.52. The van der Waals surface area contributed by atoms with E-state index in [2.05, 4.69) is 0 Å². The Hall–Kier alpha value is -2.11. The first-order chi connectivity index (χ1) is 26.0. The van der Waals surface area contributed by atoms with Crippen LogP contribution in [-0.2, 0) is 9.16 Å². The van der Waals surface area contributed by atoms with Crippen molar-refractivity contribution >= 4 is 24.8 Å². The molecular weight excluding hydrogens is 426 g/mol. The van der Waals surface area contributed by atoms with Crippen LogP contribution in [0.2, 0.25) is 5.04 Å². The van der Waals surface area contributed by atoms with Gasteiger partial charge in [-0.2, -0.15) is 0 Å². The summed E-state index contributed by atoms with van der Waals surface area (Å²) in [5.41, 5.74) is -1.72. The zero-order valence-electron chi connectivity index (χ0n) is 44.2. The molecule has 1 unspecified atom stereocenters. The topological polar surface area (TPSA) is 38.8 Å². The van der Waals surface area contributed by atoms with Gasteiger partial charge in [0, 0.05) is 24.3 Å². The van der Waals surface area contributed by atoms with Crippen LogP contribution in [0.15, 0.2) is 60.4 Å². The Balaban J connectivity index is 2.46. The number of carbonyl (C=O) groups excluding carboxylic acids is 1.